The number of fused-ring (bicyclic) bond motifs is 1. The van der Waals surface area contributed by atoms with Crippen molar-refractivity contribution in [1.29, 1.82) is 0 Å². The van der Waals surface area contributed by atoms with Crippen LogP contribution < -0.4 is 5.73 Å². The van der Waals surface area contributed by atoms with E-state index in [2.05, 4.69) is 15.3 Å². The van der Waals surface area contributed by atoms with Gasteiger partial charge in [0.1, 0.15) is 17.0 Å². The van der Waals surface area contributed by atoms with Gasteiger partial charge < -0.3 is 10.3 Å². The third-order valence-corrected chi connectivity index (χ3v) is 5.29. The number of anilines is 1. The fraction of sp³-hybridized carbons (Fsp3) is 0.545. The standard InChI is InChI=1S/C11H17N7O2S/c1-2-3-17-6-9(11(12)15-17)21(19,20)18-5-4-16-8-13-14-10(16)7-18/h6,8H,2-5,7H2,1H3,(H2,12,15). The molecule has 2 aromatic rings. The van der Waals surface area contributed by atoms with Crippen molar-refractivity contribution in [2.45, 2.75) is 37.9 Å². The SMILES string of the molecule is CCCn1cc(S(=O)(=O)N2CCn3cnnc3C2)c(N)n1. The summed E-state index contributed by atoms with van der Waals surface area (Å²) >= 11 is 0. The molecule has 1 aliphatic rings. The zero-order valence-electron chi connectivity index (χ0n) is 11.7. The Morgan fingerprint density at radius 2 is 2.19 bits per heavy atom. The smallest absolute Gasteiger partial charge is 0.248 e. The normalized spacial score (nSPS) is 16.0. The Hall–Kier alpha value is -1.94. The second kappa shape index (κ2) is 5.11. The Labute approximate surface area is 122 Å². The Morgan fingerprint density at radius 3 is 2.95 bits per heavy atom. The van der Waals surface area contributed by atoms with Crippen molar-refractivity contribution in [1.82, 2.24) is 28.9 Å². The van der Waals surface area contributed by atoms with Crippen molar-refractivity contribution >= 4 is 15.8 Å². The number of sulfonamides is 1. The predicted octanol–water partition coefficient (Wildman–Crippen LogP) is -0.329. The topological polar surface area (TPSA) is 112 Å². The van der Waals surface area contributed by atoms with Crippen molar-refractivity contribution in [3.05, 3.63) is 18.3 Å². The minimum atomic E-state index is -3.67. The van der Waals surface area contributed by atoms with Gasteiger partial charge in [0.05, 0.1) is 6.54 Å². The van der Waals surface area contributed by atoms with Crippen LogP contribution in [0.3, 0.4) is 0 Å². The van der Waals surface area contributed by atoms with Crippen molar-refractivity contribution in [3.63, 3.8) is 0 Å². The van der Waals surface area contributed by atoms with E-state index in [1.165, 1.54) is 10.5 Å². The van der Waals surface area contributed by atoms with Gasteiger partial charge in [0.2, 0.25) is 10.0 Å². The quantitative estimate of drug-likeness (QED) is 0.827. The van der Waals surface area contributed by atoms with Gasteiger partial charge in [-0.1, -0.05) is 6.92 Å². The molecule has 0 saturated carbocycles. The first kappa shape index (κ1) is 14.0. The van der Waals surface area contributed by atoms with Gasteiger partial charge in [-0.15, -0.1) is 10.2 Å². The maximum absolute atomic E-state index is 12.7. The Morgan fingerprint density at radius 1 is 1.38 bits per heavy atom. The summed E-state index contributed by atoms with van der Waals surface area (Å²) in [5, 5.41) is 11.8. The summed E-state index contributed by atoms with van der Waals surface area (Å²) in [6, 6.07) is 0. The molecule has 10 heteroatoms. The zero-order chi connectivity index (χ0) is 15.0. The number of rotatable bonds is 4. The van der Waals surface area contributed by atoms with Gasteiger partial charge in [-0.25, -0.2) is 8.42 Å². The van der Waals surface area contributed by atoms with Gasteiger partial charge >= 0.3 is 0 Å². The molecule has 21 heavy (non-hydrogen) atoms. The van der Waals surface area contributed by atoms with E-state index < -0.39 is 10.0 Å². The van der Waals surface area contributed by atoms with Crippen LogP contribution >= 0.6 is 0 Å². The first-order chi connectivity index (χ1) is 10.0. The van der Waals surface area contributed by atoms with Crippen LogP contribution in [0.5, 0.6) is 0 Å². The summed E-state index contributed by atoms with van der Waals surface area (Å²) in [5.74, 6) is 0.667. The van der Waals surface area contributed by atoms with E-state index in [9.17, 15) is 8.42 Å². The number of nitrogens with two attached hydrogens (primary N) is 1. The molecule has 0 amide bonds. The molecule has 3 heterocycles. The highest BCUT2D eigenvalue weighted by molar-refractivity contribution is 7.89. The average molecular weight is 311 g/mol. The van der Waals surface area contributed by atoms with E-state index in [4.69, 9.17) is 5.73 Å². The molecule has 0 bridgehead atoms. The molecular weight excluding hydrogens is 294 g/mol. The van der Waals surface area contributed by atoms with Crippen LogP contribution in [-0.2, 0) is 29.7 Å². The lowest BCUT2D eigenvalue weighted by atomic mass is 10.4. The van der Waals surface area contributed by atoms with Gasteiger partial charge in [0, 0.05) is 25.8 Å². The number of nitrogens with zero attached hydrogens (tertiary/aromatic N) is 6. The third-order valence-electron chi connectivity index (χ3n) is 3.43. The van der Waals surface area contributed by atoms with Crippen molar-refractivity contribution in [2.75, 3.05) is 12.3 Å². The zero-order valence-corrected chi connectivity index (χ0v) is 12.5. The van der Waals surface area contributed by atoms with E-state index in [0.717, 1.165) is 6.42 Å². The lowest BCUT2D eigenvalue weighted by Gasteiger charge is -2.25. The number of hydrogen-bond donors (Lipinski definition) is 1. The number of aryl methyl sites for hydroxylation is 1. The lowest BCUT2D eigenvalue weighted by Crippen LogP contribution is -2.38. The molecule has 114 valence electrons. The van der Waals surface area contributed by atoms with Crippen LogP contribution in [0.25, 0.3) is 0 Å². The van der Waals surface area contributed by atoms with Crippen LogP contribution in [0.2, 0.25) is 0 Å². The van der Waals surface area contributed by atoms with Gasteiger partial charge in [-0.2, -0.15) is 9.40 Å². The summed E-state index contributed by atoms with van der Waals surface area (Å²) in [6.45, 7) is 3.72. The summed E-state index contributed by atoms with van der Waals surface area (Å²) < 4.78 is 30.2. The molecule has 0 fully saturated rings. The van der Waals surface area contributed by atoms with Crippen LogP contribution in [0, 0.1) is 0 Å². The number of nitrogen functional groups attached to an aromatic ring is 1. The summed E-state index contributed by atoms with van der Waals surface area (Å²) in [5.41, 5.74) is 5.77. The van der Waals surface area contributed by atoms with E-state index in [0.29, 0.717) is 25.5 Å². The third kappa shape index (κ3) is 2.40. The maximum atomic E-state index is 12.7. The fourth-order valence-electron chi connectivity index (χ4n) is 2.35. The van der Waals surface area contributed by atoms with Crippen molar-refractivity contribution < 1.29 is 8.42 Å². The number of aromatic nitrogens is 5. The van der Waals surface area contributed by atoms with E-state index in [-0.39, 0.29) is 17.3 Å². The molecule has 0 atom stereocenters. The second-order valence-corrected chi connectivity index (χ2v) is 6.83. The minimum absolute atomic E-state index is 0.0375. The monoisotopic (exact) mass is 311 g/mol. The number of hydrogen-bond acceptors (Lipinski definition) is 6. The average Bonchev–Trinajstić information content (AvgIpc) is 3.04. The van der Waals surface area contributed by atoms with Crippen LogP contribution in [0.15, 0.2) is 17.4 Å². The molecule has 1 aliphatic heterocycles. The first-order valence-electron chi connectivity index (χ1n) is 6.72. The highest BCUT2D eigenvalue weighted by atomic mass is 32.2. The molecule has 0 aromatic carbocycles. The molecule has 0 unspecified atom stereocenters. The van der Waals surface area contributed by atoms with E-state index in [1.54, 1.807) is 11.0 Å². The van der Waals surface area contributed by atoms with Gasteiger partial charge in [-0.3, -0.25) is 4.68 Å². The van der Waals surface area contributed by atoms with E-state index in [1.807, 2.05) is 11.5 Å². The molecule has 0 aliphatic carbocycles. The fourth-order valence-corrected chi connectivity index (χ4v) is 3.79. The molecule has 2 N–H and O–H groups in total. The highest BCUT2D eigenvalue weighted by Gasteiger charge is 2.32. The summed E-state index contributed by atoms with van der Waals surface area (Å²) in [7, 11) is -3.67. The lowest BCUT2D eigenvalue weighted by molar-refractivity contribution is 0.335. The van der Waals surface area contributed by atoms with Gasteiger partial charge in [-0.05, 0) is 6.42 Å². The highest BCUT2D eigenvalue weighted by Crippen LogP contribution is 2.24. The van der Waals surface area contributed by atoms with Crippen LogP contribution in [0.1, 0.15) is 19.2 Å². The molecule has 0 spiro atoms. The van der Waals surface area contributed by atoms with Gasteiger partial charge in [0.25, 0.3) is 0 Å². The van der Waals surface area contributed by atoms with Crippen molar-refractivity contribution in [3.8, 4) is 0 Å². The van der Waals surface area contributed by atoms with Gasteiger partial charge in [0.15, 0.2) is 5.82 Å². The maximum Gasteiger partial charge on any atom is 0.248 e. The summed E-state index contributed by atoms with van der Waals surface area (Å²) in [6.07, 6.45) is 3.95. The second-order valence-electron chi connectivity index (χ2n) is 4.92. The molecule has 9 nitrogen and oxygen atoms in total. The van der Waals surface area contributed by atoms with Crippen molar-refractivity contribution in [2.24, 2.45) is 0 Å². The van der Waals surface area contributed by atoms with Crippen LogP contribution in [0.4, 0.5) is 5.82 Å². The van der Waals surface area contributed by atoms with Crippen LogP contribution in [-0.4, -0.2) is 43.8 Å². The Balaban J connectivity index is 1.91. The largest absolute Gasteiger partial charge is 0.381 e. The minimum Gasteiger partial charge on any atom is -0.381 e. The van der Waals surface area contributed by atoms with E-state index >= 15 is 0 Å². The Kier molecular flexibility index (Phi) is 3.41. The molecule has 2 aromatic heterocycles. The molecule has 3 rings (SSSR count). The Bertz CT molecular complexity index is 748. The molecule has 0 radical (unpaired) electrons. The molecular formula is C11H17N7O2S. The predicted molar refractivity (Wildman–Crippen MR) is 74.5 cm³/mol. The summed E-state index contributed by atoms with van der Waals surface area (Å²) in [4.78, 5) is 0.0592. The molecule has 0 saturated heterocycles. The first-order valence-corrected chi connectivity index (χ1v) is 8.16.